The SMILES string of the molecule is CCCCN1CCCCC1(O)C(=O)O. The van der Waals surface area contributed by atoms with E-state index < -0.39 is 11.7 Å². The lowest BCUT2D eigenvalue weighted by Gasteiger charge is -2.39. The highest BCUT2D eigenvalue weighted by Gasteiger charge is 2.43. The number of carboxylic acids is 1. The van der Waals surface area contributed by atoms with Gasteiger partial charge in [0.25, 0.3) is 0 Å². The summed E-state index contributed by atoms with van der Waals surface area (Å²) in [7, 11) is 0. The molecule has 0 aromatic rings. The van der Waals surface area contributed by atoms with E-state index in [2.05, 4.69) is 6.92 Å². The van der Waals surface area contributed by atoms with Crippen molar-refractivity contribution in [2.75, 3.05) is 13.1 Å². The molecule has 1 rings (SSSR count). The zero-order valence-electron chi connectivity index (χ0n) is 8.70. The Labute approximate surface area is 84.5 Å². The second-order valence-corrected chi connectivity index (χ2v) is 3.92. The van der Waals surface area contributed by atoms with E-state index in [4.69, 9.17) is 5.11 Å². The number of unbranched alkanes of at least 4 members (excludes halogenated alkanes) is 1. The van der Waals surface area contributed by atoms with Crippen LogP contribution in [0.1, 0.15) is 39.0 Å². The minimum Gasteiger partial charge on any atom is -0.478 e. The Kier molecular flexibility index (Phi) is 3.89. The van der Waals surface area contributed by atoms with Crippen LogP contribution in [0, 0.1) is 0 Å². The smallest absolute Gasteiger partial charge is 0.351 e. The molecule has 4 nitrogen and oxygen atoms in total. The minimum absolute atomic E-state index is 0.353. The van der Waals surface area contributed by atoms with Crippen LogP contribution in [-0.4, -0.2) is 39.9 Å². The van der Waals surface area contributed by atoms with Gasteiger partial charge < -0.3 is 10.2 Å². The van der Waals surface area contributed by atoms with Crippen molar-refractivity contribution in [3.8, 4) is 0 Å². The Bertz CT molecular complexity index is 208. The molecule has 1 aliphatic rings. The van der Waals surface area contributed by atoms with Crippen molar-refractivity contribution in [3.63, 3.8) is 0 Å². The number of aliphatic hydroxyl groups is 1. The molecule has 0 spiro atoms. The number of likely N-dealkylation sites (tertiary alicyclic amines) is 1. The van der Waals surface area contributed by atoms with E-state index in [1.807, 2.05) is 0 Å². The fourth-order valence-corrected chi connectivity index (χ4v) is 1.91. The minimum atomic E-state index is -1.60. The number of carbonyl (C=O) groups is 1. The number of aliphatic carboxylic acids is 1. The van der Waals surface area contributed by atoms with Crippen LogP contribution >= 0.6 is 0 Å². The molecule has 4 heteroatoms. The molecule has 0 radical (unpaired) electrons. The highest BCUT2D eigenvalue weighted by atomic mass is 16.4. The summed E-state index contributed by atoms with van der Waals surface area (Å²) in [5, 5.41) is 18.9. The van der Waals surface area contributed by atoms with Crippen molar-refractivity contribution in [1.29, 1.82) is 0 Å². The molecule has 0 bridgehead atoms. The van der Waals surface area contributed by atoms with Gasteiger partial charge >= 0.3 is 5.97 Å². The fraction of sp³-hybridized carbons (Fsp3) is 0.900. The van der Waals surface area contributed by atoms with Crippen LogP contribution in [0.3, 0.4) is 0 Å². The summed E-state index contributed by atoms with van der Waals surface area (Å²) in [5.41, 5.74) is -1.60. The Morgan fingerprint density at radius 1 is 1.50 bits per heavy atom. The topological polar surface area (TPSA) is 60.8 Å². The normalized spacial score (nSPS) is 29.0. The maximum absolute atomic E-state index is 11.0. The highest BCUT2D eigenvalue weighted by Crippen LogP contribution is 2.26. The molecule has 1 saturated heterocycles. The number of hydrogen-bond acceptors (Lipinski definition) is 3. The van der Waals surface area contributed by atoms with E-state index in [-0.39, 0.29) is 0 Å². The average molecular weight is 201 g/mol. The highest BCUT2D eigenvalue weighted by molar-refractivity contribution is 5.76. The first-order valence-electron chi connectivity index (χ1n) is 5.32. The molecule has 1 atom stereocenters. The molecule has 0 aromatic carbocycles. The number of rotatable bonds is 4. The third kappa shape index (κ3) is 2.25. The molecule has 1 heterocycles. The molecule has 2 N–H and O–H groups in total. The van der Waals surface area contributed by atoms with E-state index in [1.165, 1.54) is 0 Å². The molecule has 1 aliphatic heterocycles. The van der Waals surface area contributed by atoms with Crippen LogP contribution in [0.15, 0.2) is 0 Å². The lowest BCUT2D eigenvalue weighted by atomic mass is 9.98. The van der Waals surface area contributed by atoms with Gasteiger partial charge in [0.15, 0.2) is 0 Å². The van der Waals surface area contributed by atoms with Crippen LogP contribution < -0.4 is 0 Å². The van der Waals surface area contributed by atoms with Gasteiger partial charge in [-0.15, -0.1) is 0 Å². The Morgan fingerprint density at radius 3 is 2.79 bits per heavy atom. The van der Waals surface area contributed by atoms with Gasteiger partial charge in [0.2, 0.25) is 5.72 Å². The van der Waals surface area contributed by atoms with E-state index in [0.29, 0.717) is 19.5 Å². The molecule has 1 unspecified atom stereocenters. The first-order chi connectivity index (χ1) is 6.61. The van der Waals surface area contributed by atoms with Gasteiger partial charge in [-0.1, -0.05) is 13.3 Å². The number of carboxylic acid groups (broad SMARTS) is 1. The third-order valence-corrected chi connectivity index (χ3v) is 2.85. The van der Waals surface area contributed by atoms with Gasteiger partial charge in [-0.05, 0) is 19.3 Å². The van der Waals surface area contributed by atoms with Gasteiger partial charge in [-0.2, -0.15) is 0 Å². The van der Waals surface area contributed by atoms with Crippen LogP contribution in [0.4, 0.5) is 0 Å². The predicted octanol–water partition coefficient (Wildman–Crippen LogP) is 1.05. The molecule has 82 valence electrons. The molecule has 0 aromatic heterocycles. The number of hydrogen-bond donors (Lipinski definition) is 2. The average Bonchev–Trinajstić information content (AvgIpc) is 2.16. The molecule has 1 fully saturated rings. The van der Waals surface area contributed by atoms with Crippen LogP contribution in [0.5, 0.6) is 0 Å². The Balaban J connectivity index is 2.63. The van der Waals surface area contributed by atoms with Gasteiger partial charge in [-0.3, -0.25) is 4.90 Å². The quantitative estimate of drug-likeness (QED) is 0.713. The lowest BCUT2D eigenvalue weighted by Crippen LogP contribution is -2.57. The van der Waals surface area contributed by atoms with Crippen molar-refractivity contribution < 1.29 is 15.0 Å². The first kappa shape index (κ1) is 11.5. The van der Waals surface area contributed by atoms with Crippen LogP contribution in [-0.2, 0) is 4.79 Å². The molecule has 0 amide bonds. The van der Waals surface area contributed by atoms with Crippen molar-refractivity contribution >= 4 is 5.97 Å². The van der Waals surface area contributed by atoms with Crippen molar-refractivity contribution in [2.45, 2.75) is 44.8 Å². The Morgan fingerprint density at radius 2 is 2.21 bits per heavy atom. The fourth-order valence-electron chi connectivity index (χ4n) is 1.91. The van der Waals surface area contributed by atoms with E-state index in [9.17, 15) is 9.90 Å². The maximum Gasteiger partial charge on any atom is 0.351 e. The third-order valence-electron chi connectivity index (χ3n) is 2.85. The second-order valence-electron chi connectivity index (χ2n) is 3.92. The summed E-state index contributed by atoms with van der Waals surface area (Å²) in [6.45, 7) is 3.44. The van der Waals surface area contributed by atoms with Gasteiger partial charge in [-0.25, -0.2) is 4.79 Å². The molecule has 0 saturated carbocycles. The summed E-state index contributed by atoms with van der Waals surface area (Å²) in [5.74, 6) is -1.10. The summed E-state index contributed by atoms with van der Waals surface area (Å²) >= 11 is 0. The number of piperidine rings is 1. The molecular formula is C10H19NO3. The van der Waals surface area contributed by atoms with Crippen molar-refractivity contribution in [3.05, 3.63) is 0 Å². The largest absolute Gasteiger partial charge is 0.478 e. The monoisotopic (exact) mass is 201 g/mol. The molecular weight excluding hydrogens is 182 g/mol. The van der Waals surface area contributed by atoms with E-state index >= 15 is 0 Å². The Hall–Kier alpha value is -0.610. The summed E-state index contributed by atoms with van der Waals surface area (Å²) in [6.07, 6.45) is 4.10. The van der Waals surface area contributed by atoms with Crippen molar-refractivity contribution in [1.82, 2.24) is 4.90 Å². The molecule has 14 heavy (non-hydrogen) atoms. The zero-order valence-corrected chi connectivity index (χ0v) is 8.70. The summed E-state index contributed by atoms with van der Waals surface area (Å²) < 4.78 is 0. The standard InChI is InChI=1S/C10H19NO3/c1-2-3-7-11-8-5-4-6-10(11,14)9(12)13/h14H,2-8H2,1H3,(H,12,13). The lowest BCUT2D eigenvalue weighted by molar-refractivity contribution is -0.190. The molecule has 0 aliphatic carbocycles. The predicted molar refractivity (Wildman–Crippen MR) is 52.9 cm³/mol. The van der Waals surface area contributed by atoms with Gasteiger partial charge in [0, 0.05) is 19.5 Å². The zero-order chi connectivity index (χ0) is 10.6. The van der Waals surface area contributed by atoms with E-state index in [0.717, 1.165) is 25.7 Å². The summed E-state index contributed by atoms with van der Waals surface area (Å²) in [6, 6.07) is 0. The van der Waals surface area contributed by atoms with Crippen molar-refractivity contribution in [2.24, 2.45) is 0 Å². The van der Waals surface area contributed by atoms with Gasteiger partial charge in [0.1, 0.15) is 0 Å². The van der Waals surface area contributed by atoms with Gasteiger partial charge in [0.05, 0.1) is 0 Å². The maximum atomic E-state index is 11.0. The first-order valence-corrected chi connectivity index (χ1v) is 5.32. The van der Waals surface area contributed by atoms with Crippen LogP contribution in [0.25, 0.3) is 0 Å². The van der Waals surface area contributed by atoms with E-state index in [1.54, 1.807) is 4.90 Å². The van der Waals surface area contributed by atoms with Crippen LogP contribution in [0.2, 0.25) is 0 Å². The number of nitrogens with zero attached hydrogens (tertiary/aromatic N) is 1. The second kappa shape index (κ2) is 4.75. The summed E-state index contributed by atoms with van der Waals surface area (Å²) in [4.78, 5) is 12.7.